The van der Waals surface area contributed by atoms with Crippen LogP contribution in [0.3, 0.4) is 0 Å². The van der Waals surface area contributed by atoms with Gasteiger partial charge in [0.15, 0.2) is 11.5 Å². The van der Waals surface area contributed by atoms with Crippen LogP contribution in [-0.2, 0) is 4.79 Å². The molecule has 3 rings (SSSR count). The molecule has 2 aromatic rings. The Morgan fingerprint density at radius 1 is 1.31 bits per heavy atom. The largest absolute Gasteiger partial charge is 0.493 e. The minimum atomic E-state index is -0.149. The van der Waals surface area contributed by atoms with Crippen molar-refractivity contribution in [3.8, 4) is 11.5 Å². The summed E-state index contributed by atoms with van der Waals surface area (Å²) in [5.41, 5.74) is 8.58. The highest BCUT2D eigenvalue weighted by molar-refractivity contribution is 5.93. The molecule has 2 atom stereocenters. The summed E-state index contributed by atoms with van der Waals surface area (Å²) in [7, 11) is 5.16. The highest BCUT2D eigenvalue weighted by Crippen LogP contribution is 2.37. The van der Waals surface area contributed by atoms with Crippen LogP contribution in [0.25, 0.3) is 6.08 Å². The molecular formula is C22H28N4O3. The minimum absolute atomic E-state index is 0.0562. The molecule has 1 aromatic carbocycles. The lowest BCUT2D eigenvalue weighted by Crippen LogP contribution is -2.54. The number of amides is 1. The molecule has 1 saturated carbocycles. The van der Waals surface area contributed by atoms with Crippen molar-refractivity contribution in [1.29, 1.82) is 0 Å². The van der Waals surface area contributed by atoms with Gasteiger partial charge >= 0.3 is 0 Å². The lowest BCUT2D eigenvalue weighted by molar-refractivity contribution is -0.117. The molecule has 0 radical (unpaired) electrons. The van der Waals surface area contributed by atoms with Crippen molar-refractivity contribution in [2.45, 2.75) is 31.8 Å². The summed E-state index contributed by atoms with van der Waals surface area (Å²) in [5.74, 6) is 1.93. The Bertz CT molecular complexity index is 913. The number of benzene rings is 1. The maximum atomic E-state index is 12.2. The maximum absolute atomic E-state index is 12.2. The molecule has 7 nitrogen and oxygen atoms in total. The van der Waals surface area contributed by atoms with Gasteiger partial charge in [0.05, 0.1) is 14.2 Å². The van der Waals surface area contributed by atoms with E-state index in [2.05, 4.69) is 10.3 Å². The molecule has 0 bridgehead atoms. The second-order valence-corrected chi connectivity index (χ2v) is 7.16. The Balaban J connectivity index is 1.83. The molecule has 1 fully saturated rings. The van der Waals surface area contributed by atoms with Crippen molar-refractivity contribution >= 4 is 23.5 Å². The molecule has 2 unspecified atom stereocenters. The van der Waals surface area contributed by atoms with Gasteiger partial charge in [-0.1, -0.05) is 0 Å². The van der Waals surface area contributed by atoms with Gasteiger partial charge < -0.3 is 25.4 Å². The molecule has 1 aliphatic carbocycles. The fraction of sp³-hybridized carbons (Fsp3) is 0.364. The second-order valence-electron chi connectivity index (χ2n) is 7.16. The summed E-state index contributed by atoms with van der Waals surface area (Å²) in [4.78, 5) is 18.7. The van der Waals surface area contributed by atoms with Gasteiger partial charge in [-0.25, -0.2) is 4.98 Å². The summed E-state index contributed by atoms with van der Waals surface area (Å²) in [6, 6.07) is 7.80. The first-order valence-corrected chi connectivity index (χ1v) is 9.60. The van der Waals surface area contributed by atoms with Gasteiger partial charge in [-0.05, 0) is 49.6 Å². The van der Waals surface area contributed by atoms with E-state index in [0.29, 0.717) is 11.5 Å². The zero-order valence-electron chi connectivity index (χ0n) is 17.3. The standard InChI is InChI=1S/C22H28N4O3/c1-14-12-16(13-19(28-3)21(14)29-4)26(2)22-15(6-5-11-24-22)7-10-20(27)25-18-9-8-17(18)23/h5-7,10-13,17-18H,8-9,23H2,1-4H3,(H,25,27)/b10-7+. The summed E-state index contributed by atoms with van der Waals surface area (Å²) in [6.07, 6.45) is 6.91. The number of nitrogens with two attached hydrogens (primary N) is 1. The molecule has 1 aliphatic rings. The fourth-order valence-corrected chi connectivity index (χ4v) is 3.37. The van der Waals surface area contributed by atoms with Gasteiger partial charge in [0.1, 0.15) is 5.82 Å². The number of anilines is 2. The Morgan fingerprint density at radius 3 is 2.72 bits per heavy atom. The third kappa shape index (κ3) is 4.51. The smallest absolute Gasteiger partial charge is 0.244 e. The normalized spacial score (nSPS) is 18.2. The zero-order chi connectivity index (χ0) is 21.0. The predicted octanol–water partition coefficient (Wildman–Crippen LogP) is 2.79. The van der Waals surface area contributed by atoms with Crippen molar-refractivity contribution in [2.24, 2.45) is 5.73 Å². The zero-order valence-corrected chi connectivity index (χ0v) is 17.3. The van der Waals surface area contributed by atoms with Gasteiger partial charge in [-0.3, -0.25) is 4.79 Å². The number of aromatic nitrogens is 1. The number of pyridine rings is 1. The molecule has 7 heteroatoms. The lowest BCUT2D eigenvalue weighted by atomic mass is 9.87. The number of rotatable bonds is 7. The van der Waals surface area contributed by atoms with Gasteiger partial charge in [0.2, 0.25) is 5.91 Å². The number of nitrogens with zero attached hydrogens (tertiary/aromatic N) is 2. The molecule has 0 aliphatic heterocycles. The molecule has 154 valence electrons. The first kappa shape index (κ1) is 20.7. The van der Waals surface area contributed by atoms with E-state index in [-0.39, 0.29) is 18.0 Å². The van der Waals surface area contributed by atoms with Crippen LogP contribution in [0.5, 0.6) is 11.5 Å². The number of hydrogen-bond acceptors (Lipinski definition) is 6. The number of carbonyl (C=O) groups is 1. The summed E-state index contributed by atoms with van der Waals surface area (Å²) >= 11 is 0. The Kier molecular flexibility index (Phi) is 6.39. The lowest BCUT2D eigenvalue weighted by Gasteiger charge is -2.33. The number of aryl methyl sites for hydroxylation is 1. The van der Waals surface area contributed by atoms with Crippen molar-refractivity contribution in [1.82, 2.24) is 10.3 Å². The molecule has 0 spiro atoms. The molecule has 1 heterocycles. The topological polar surface area (TPSA) is 89.7 Å². The second kappa shape index (κ2) is 8.96. The summed E-state index contributed by atoms with van der Waals surface area (Å²) in [5, 5.41) is 2.94. The molecule has 0 saturated heterocycles. The minimum Gasteiger partial charge on any atom is -0.493 e. The van der Waals surface area contributed by atoms with Crippen LogP contribution in [0.15, 0.2) is 36.5 Å². The Morgan fingerprint density at radius 2 is 2.10 bits per heavy atom. The summed E-state index contributed by atoms with van der Waals surface area (Å²) < 4.78 is 10.9. The third-order valence-electron chi connectivity index (χ3n) is 5.24. The van der Waals surface area contributed by atoms with E-state index in [1.807, 2.05) is 43.1 Å². The van der Waals surface area contributed by atoms with Gasteiger partial charge in [0.25, 0.3) is 0 Å². The monoisotopic (exact) mass is 396 g/mol. The van der Waals surface area contributed by atoms with Crippen molar-refractivity contribution in [3.63, 3.8) is 0 Å². The van der Waals surface area contributed by atoms with E-state index in [1.54, 1.807) is 26.5 Å². The first-order valence-electron chi connectivity index (χ1n) is 9.60. The van der Waals surface area contributed by atoms with Crippen LogP contribution in [-0.4, -0.2) is 44.2 Å². The van der Waals surface area contributed by atoms with Gasteiger partial charge in [-0.15, -0.1) is 0 Å². The van der Waals surface area contributed by atoms with Crippen LogP contribution in [0.2, 0.25) is 0 Å². The van der Waals surface area contributed by atoms with Crippen molar-refractivity contribution in [2.75, 3.05) is 26.2 Å². The van der Waals surface area contributed by atoms with Crippen LogP contribution >= 0.6 is 0 Å². The number of hydrogen-bond donors (Lipinski definition) is 2. The highest BCUT2D eigenvalue weighted by atomic mass is 16.5. The van der Waals surface area contributed by atoms with E-state index in [1.165, 1.54) is 6.08 Å². The SMILES string of the molecule is COc1cc(N(C)c2ncccc2/C=C/C(=O)NC2CCC2N)cc(C)c1OC. The van der Waals surface area contributed by atoms with E-state index < -0.39 is 0 Å². The van der Waals surface area contributed by atoms with Gasteiger partial charge in [-0.2, -0.15) is 0 Å². The van der Waals surface area contributed by atoms with E-state index in [4.69, 9.17) is 15.2 Å². The van der Waals surface area contributed by atoms with Crippen LogP contribution in [0.4, 0.5) is 11.5 Å². The number of methoxy groups -OCH3 is 2. The average molecular weight is 396 g/mol. The average Bonchev–Trinajstić information content (AvgIpc) is 2.73. The van der Waals surface area contributed by atoms with Crippen molar-refractivity contribution < 1.29 is 14.3 Å². The maximum Gasteiger partial charge on any atom is 0.244 e. The molecule has 3 N–H and O–H groups in total. The quantitative estimate of drug-likeness (QED) is 0.700. The number of ether oxygens (including phenoxy) is 2. The fourth-order valence-electron chi connectivity index (χ4n) is 3.37. The van der Waals surface area contributed by atoms with E-state index in [0.717, 1.165) is 35.5 Å². The molecule has 1 aromatic heterocycles. The molecule has 29 heavy (non-hydrogen) atoms. The number of nitrogens with one attached hydrogen (secondary N) is 1. The molecular weight excluding hydrogens is 368 g/mol. The van der Waals surface area contributed by atoms with Crippen LogP contribution in [0, 0.1) is 6.92 Å². The molecule has 1 amide bonds. The number of carbonyl (C=O) groups excluding carboxylic acids is 1. The van der Waals surface area contributed by atoms with Crippen LogP contribution in [0.1, 0.15) is 24.0 Å². The third-order valence-corrected chi connectivity index (χ3v) is 5.24. The predicted molar refractivity (Wildman–Crippen MR) is 115 cm³/mol. The first-order chi connectivity index (χ1) is 13.9. The Hall–Kier alpha value is -3.06. The van der Waals surface area contributed by atoms with Crippen LogP contribution < -0.4 is 25.4 Å². The highest BCUT2D eigenvalue weighted by Gasteiger charge is 2.27. The van der Waals surface area contributed by atoms with Gasteiger partial charge in [0, 0.05) is 48.7 Å². The van der Waals surface area contributed by atoms with Crippen molar-refractivity contribution in [3.05, 3.63) is 47.7 Å². The Labute approximate surface area is 171 Å². The summed E-state index contributed by atoms with van der Waals surface area (Å²) in [6.45, 7) is 1.97. The van der Waals surface area contributed by atoms with E-state index in [9.17, 15) is 4.79 Å². The van der Waals surface area contributed by atoms with E-state index >= 15 is 0 Å².